The van der Waals surface area contributed by atoms with Crippen LogP contribution in [0.2, 0.25) is 5.02 Å². The molecule has 0 heterocycles. The Balaban J connectivity index is 2.69. The zero-order valence-electron chi connectivity index (χ0n) is 19.5. The van der Waals surface area contributed by atoms with Gasteiger partial charge in [-0.25, -0.2) is 14.5 Å². The molecule has 0 aliphatic rings. The van der Waals surface area contributed by atoms with Crippen molar-refractivity contribution < 1.29 is 29.0 Å². The Kier molecular flexibility index (Phi) is 8.28. The summed E-state index contributed by atoms with van der Waals surface area (Å²) in [7, 11) is 1.45. The van der Waals surface area contributed by atoms with E-state index in [1.807, 2.05) is 0 Å². The molecular weight excluding hydrogens is 446 g/mol. The standard InChI is InChI=1S/C25H28ClNO6/c1-15(19-14-18(26)12-13-20(19)32-6)21(23(29)30)16(2)27(24(31)33-25(3,4)5)22(28)17-10-8-7-9-11-17/h7-14,16H,1-6H3,(H,29,30)/b21-15+. The number of amides is 2. The molecule has 1 atom stereocenters. The fraction of sp³-hybridized carbons (Fsp3) is 0.320. The first kappa shape index (κ1) is 25.9. The second-order valence-corrected chi connectivity index (χ2v) is 8.82. The molecule has 0 bridgehead atoms. The maximum absolute atomic E-state index is 13.3. The third kappa shape index (κ3) is 6.35. The average Bonchev–Trinajstić information content (AvgIpc) is 2.72. The summed E-state index contributed by atoms with van der Waals surface area (Å²) in [6.45, 7) is 8.04. The summed E-state index contributed by atoms with van der Waals surface area (Å²) in [4.78, 5) is 39.7. The summed E-state index contributed by atoms with van der Waals surface area (Å²) in [5.74, 6) is -1.57. The van der Waals surface area contributed by atoms with Crippen LogP contribution >= 0.6 is 11.6 Å². The summed E-state index contributed by atoms with van der Waals surface area (Å²) in [6.07, 6.45) is -0.950. The molecule has 0 spiro atoms. The van der Waals surface area contributed by atoms with Gasteiger partial charge >= 0.3 is 12.1 Å². The molecule has 33 heavy (non-hydrogen) atoms. The summed E-state index contributed by atoms with van der Waals surface area (Å²) in [5.41, 5.74) is -0.123. The SMILES string of the molecule is COc1ccc(Cl)cc1/C(C)=C(/C(=O)O)C(C)N(C(=O)OC(C)(C)C)C(=O)c1ccccc1. The average molecular weight is 474 g/mol. The van der Waals surface area contributed by atoms with E-state index in [1.54, 1.807) is 76.2 Å². The molecule has 1 N–H and O–H groups in total. The van der Waals surface area contributed by atoms with Gasteiger partial charge in [-0.2, -0.15) is 0 Å². The highest BCUT2D eigenvalue weighted by Crippen LogP contribution is 2.33. The van der Waals surface area contributed by atoms with Crippen LogP contribution in [-0.2, 0) is 9.53 Å². The number of imide groups is 1. The molecule has 0 radical (unpaired) electrons. The number of rotatable bonds is 6. The number of carboxylic acid groups (broad SMARTS) is 1. The fourth-order valence-corrected chi connectivity index (χ4v) is 3.52. The van der Waals surface area contributed by atoms with Gasteiger partial charge in [0.25, 0.3) is 5.91 Å². The summed E-state index contributed by atoms with van der Waals surface area (Å²) in [5, 5.41) is 10.5. The van der Waals surface area contributed by atoms with Gasteiger partial charge in [0.2, 0.25) is 0 Å². The highest BCUT2D eigenvalue weighted by molar-refractivity contribution is 6.30. The van der Waals surface area contributed by atoms with Crippen molar-refractivity contribution >= 4 is 35.1 Å². The second-order valence-electron chi connectivity index (χ2n) is 8.39. The number of benzene rings is 2. The number of carbonyl (C=O) groups is 3. The lowest BCUT2D eigenvalue weighted by molar-refractivity contribution is -0.133. The first-order valence-electron chi connectivity index (χ1n) is 10.3. The number of carboxylic acids is 1. The van der Waals surface area contributed by atoms with Crippen molar-refractivity contribution in [3.63, 3.8) is 0 Å². The van der Waals surface area contributed by atoms with Gasteiger partial charge in [0.15, 0.2) is 0 Å². The van der Waals surface area contributed by atoms with Gasteiger partial charge < -0.3 is 14.6 Å². The smallest absolute Gasteiger partial charge is 0.417 e. The Morgan fingerprint density at radius 2 is 1.67 bits per heavy atom. The van der Waals surface area contributed by atoms with Crippen molar-refractivity contribution in [2.24, 2.45) is 0 Å². The number of methoxy groups -OCH3 is 1. The van der Waals surface area contributed by atoms with E-state index in [9.17, 15) is 19.5 Å². The van der Waals surface area contributed by atoms with Crippen LogP contribution < -0.4 is 4.74 Å². The van der Waals surface area contributed by atoms with Gasteiger partial charge in [-0.05, 0) is 70.5 Å². The molecule has 7 nitrogen and oxygen atoms in total. The monoisotopic (exact) mass is 473 g/mol. The maximum Gasteiger partial charge on any atom is 0.417 e. The largest absolute Gasteiger partial charge is 0.496 e. The summed E-state index contributed by atoms with van der Waals surface area (Å²) >= 11 is 6.13. The van der Waals surface area contributed by atoms with Crippen LogP contribution in [0.5, 0.6) is 5.75 Å². The van der Waals surface area contributed by atoms with E-state index < -0.39 is 29.6 Å². The van der Waals surface area contributed by atoms with Crippen LogP contribution in [0, 0.1) is 0 Å². The highest BCUT2D eigenvalue weighted by atomic mass is 35.5. The zero-order chi connectivity index (χ0) is 24.9. The molecule has 2 amide bonds. The van der Waals surface area contributed by atoms with Crippen LogP contribution in [0.4, 0.5) is 4.79 Å². The van der Waals surface area contributed by atoms with Crippen LogP contribution in [0.3, 0.4) is 0 Å². The van der Waals surface area contributed by atoms with E-state index in [-0.39, 0.29) is 11.1 Å². The van der Waals surface area contributed by atoms with Gasteiger partial charge in [0.1, 0.15) is 11.4 Å². The minimum Gasteiger partial charge on any atom is -0.496 e. The molecule has 2 rings (SSSR count). The van der Waals surface area contributed by atoms with Crippen molar-refractivity contribution in [3.05, 3.63) is 70.3 Å². The van der Waals surface area contributed by atoms with E-state index in [0.29, 0.717) is 21.9 Å². The molecule has 2 aromatic rings. The predicted molar refractivity (Wildman–Crippen MR) is 127 cm³/mol. The van der Waals surface area contributed by atoms with Gasteiger partial charge in [-0.1, -0.05) is 29.8 Å². The molecular formula is C25H28ClNO6. The molecule has 176 valence electrons. The topological polar surface area (TPSA) is 93.1 Å². The fourth-order valence-electron chi connectivity index (χ4n) is 3.35. The molecule has 0 aliphatic carbocycles. The molecule has 8 heteroatoms. The van der Waals surface area contributed by atoms with Crippen LogP contribution in [0.1, 0.15) is 50.5 Å². The van der Waals surface area contributed by atoms with Gasteiger partial charge in [0.05, 0.1) is 18.7 Å². The lowest BCUT2D eigenvalue weighted by Crippen LogP contribution is -2.47. The number of carbonyl (C=O) groups excluding carboxylic acids is 2. The van der Waals surface area contributed by atoms with Gasteiger partial charge in [-0.3, -0.25) is 4.79 Å². The molecule has 0 aromatic heterocycles. The van der Waals surface area contributed by atoms with Gasteiger partial charge in [-0.15, -0.1) is 0 Å². The minimum absolute atomic E-state index is 0.175. The summed E-state index contributed by atoms with van der Waals surface area (Å²) < 4.78 is 10.8. The van der Waals surface area contributed by atoms with Crippen molar-refractivity contribution in [1.29, 1.82) is 0 Å². The number of halogens is 1. The molecule has 2 aromatic carbocycles. The molecule has 0 saturated carbocycles. The van der Waals surface area contributed by atoms with Crippen LogP contribution in [0.25, 0.3) is 5.57 Å². The Bertz CT molecular complexity index is 1070. The van der Waals surface area contributed by atoms with E-state index in [2.05, 4.69) is 0 Å². The van der Waals surface area contributed by atoms with Crippen molar-refractivity contribution in [2.75, 3.05) is 7.11 Å². The Morgan fingerprint density at radius 3 is 2.18 bits per heavy atom. The molecule has 1 unspecified atom stereocenters. The lowest BCUT2D eigenvalue weighted by atomic mass is 9.95. The first-order valence-corrected chi connectivity index (χ1v) is 10.6. The Hall–Kier alpha value is -3.32. The van der Waals surface area contributed by atoms with E-state index in [4.69, 9.17) is 21.1 Å². The number of ether oxygens (including phenoxy) is 2. The number of hydrogen-bond donors (Lipinski definition) is 1. The first-order chi connectivity index (χ1) is 15.4. The number of allylic oxidation sites excluding steroid dienone is 1. The third-order valence-electron chi connectivity index (χ3n) is 4.83. The normalized spacial score (nSPS) is 12.9. The zero-order valence-corrected chi connectivity index (χ0v) is 20.3. The number of hydrogen-bond acceptors (Lipinski definition) is 5. The molecule has 0 saturated heterocycles. The minimum atomic E-state index is -1.29. The number of aliphatic carboxylic acids is 1. The predicted octanol–water partition coefficient (Wildman–Crippen LogP) is 5.67. The summed E-state index contributed by atoms with van der Waals surface area (Å²) in [6, 6.07) is 11.8. The third-order valence-corrected chi connectivity index (χ3v) is 5.07. The highest BCUT2D eigenvalue weighted by Gasteiger charge is 2.37. The second kappa shape index (κ2) is 10.5. The van der Waals surface area contributed by atoms with Crippen molar-refractivity contribution in [1.82, 2.24) is 4.90 Å². The van der Waals surface area contributed by atoms with E-state index >= 15 is 0 Å². The lowest BCUT2D eigenvalue weighted by Gasteiger charge is -2.31. The Labute approximate surface area is 198 Å². The van der Waals surface area contributed by atoms with Crippen LogP contribution in [-0.4, -0.2) is 46.7 Å². The Morgan fingerprint density at radius 1 is 1.06 bits per heavy atom. The van der Waals surface area contributed by atoms with Crippen LogP contribution in [0.15, 0.2) is 54.1 Å². The molecule has 0 aliphatic heterocycles. The van der Waals surface area contributed by atoms with Gasteiger partial charge in [0, 0.05) is 16.1 Å². The maximum atomic E-state index is 13.3. The number of nitrogens with zero attached hydrogens (tertiary/aromatic N) is 1. The van der Waals surface area contributed by atoms with E-state index in [0.717, 1.165) is 4.90 Å². The quantitative estimate of drug-likeness (QED) is 0.543. The molecule has 0 fully saturated rings. The van der Waals surface area contributed by atoms with Crippen molar-refractivity contribution in [3.8, 4) is 5.75 Å². The van der Waals surface area contributed by atoms with E-state index in [1.165, 1.54) is 14.0 Å². The van der Waals surface area contributed by atoms with Crippen molar-refractivity contribution in [2.45, 2.75) is 46.3 Å².